The van der Waals surface area contributed by atoms with E-state index < -0.39 is 12.1 Å². The summed E-state index contributed by atoms with van der Waals surface area (Å²) in [5, 5.41) is 14.8. The number of carbonyl (C=O) groups is 1. The van der Waals surface area contributed by atoms with Gasteiger partial charge in [-0.25, -0.2) is 14.8 Å². The second-order valence-electron chi connectivity index (χ2n) is 6.70. The fourth-order valence-corrected chi connectivity index (χ4v) is 2.95. The summed E-state index contributed by atoms with van der Waals surface area (Å²) < 4.78 is 33.6. The Labute approximate surface area is 166 Å². The van der Waals surface area contributed by atoms with Crippen molar-refractivity contribution in [3.8, 4) is 11.3 Å². The minimum atomic E-state index is -5.08. The van der Waals surface area contributed by atoms with Crippen molar-refractivity contribution < 1.29 is 23.1 Å². The van der Waals surface area contributed by atoms with Crippen molar-refractivity contribution in [1.82, 2.24) is 24.6 Å². The third-order valence-corrected chi connectivity index (χ3v) is 4.32. The molecular weight excluding hydrogens is 389 g/mol. The van der Waals surface area contributed by atoms with Crippen LogP contribution < -0.4 is 5.32 Å². The zero-order chi connectivity index (χ0) is 21.4. The molecule has 3 rings (SSSR count). The lowest BCUT2D eigenvalue weighted by Crippen LogP contribution is -2.22. The van der Waals surface area contributed by atoms with E-state index in [2.05, 4.69) is 25.3 Å². The number of carboxylic acids is 1. The van der Waals surface area contributed by atoms with Crippen molar-refractivity contribution in [3.63, 3.8) is 0 Å². The number of aromatic nitrogens is 4. The lowest BCUT2D eigenvalue weighted by molar-refractivity contribution is -0.192. The Morgan fingerprint density at radius 3 is 2.52 bits per heavy atom. The smallest absolute Gasteiger partial charge is 0.475 e. The van der Waals surface area contributed by atoms with Crippen LogP contribution in [-0.2, 0) is 11.8 Å². The van der Waals surface area contributed by atoms with Crippen LogP contribution in [0, 0.1) is 6.92 Å². The molecule has 1 fully saturated rings. The number of halogens is 3. The molecule has 1 aliphatic heterocycles. The normalized spacial score (nSPS) is 14.4. The number of hydrogen-bond acceptors (Lipinski definition) is 6. The van der Waals surface area contributed by atoms with Crippen LogP contribution in [0.4, 0.5) is 19.1 Å². The van der Waals surface area contributed by atoms with Crippen molar-refractivity contribution in [3.05, 3.63) is 24.2 Å². The second-order valence-corrected chi connectivity index (χ2v) is 6.70. The molecule has 0 saturated carbocycles. The fourth-order valence-electron chi connectivity index (χ4n) is 2.95. The Morgan fingerprint density at radius 2 is 1.97 bits per heavy atom. The summed E-state index contributed by atoms with van der Waals surface area (Å²) >= 11 is 0. The van der Waals surface area contributed by atoms with Gasteiger partial charge in [-0.05, 0) is 51.9 Å². The van der Waals surface area contributed by atoms with Gasteiger partial charge in [-0.1, -0.05) is 0 Å². The molecule has 0 atom stereocenters. The number of anilines is 1. The van der Waals surface area contributed by atoms with Crippen LogP contribution in [0.15, 0.2) is 18.5 Å². The van der Waals surface area contributed by atoms with Gasteiger partial charge in [0, 0.05) is 31.5 Å². The molecular formula is C18H25F3N6O2. The van der Waals surface area contributed by atoms with E-state index in [1.165, 1.54) is 25.9 Å². The Hall–Kier alpha value is -2.69. The first-order valence-corrected chi connectivity index (χ1v) is 9.27. The molecule has 0 unspecified atom stereocenters. The molecule has 1 aliphatic rings. The van der Waals surface area contributed by atoms with Crippen LogP contribution in [0.2, 0.25) is 0 Å². The van der Waals surface area contributed by atoms with E-state index in [9.17, 15) is 13.2 Å². The summed E-state index contributed by atoms with van der Waals surface area (Å²) in [6.07, 6.45) is 2.54. The number of rotatable bonds is 6. The Balaban J connectivity index is 0.000000370. The van der Waals surface area contributed by atoms with Gasteiger partial charge >= 0.3 is 12.1 Å². The summed E-state index contributed by atoms with van der Waals surface area (Å²) in [4.78, 5) is 20.3. The van der Waals surface area contributed by atoms with Gasteiger partial charge in [-0.3, -0.25) is 4.68 Å². The van der Waals surface area contributed by atoms with Crippen LogP contribution in [0.5, 0.6) is 0 Å². The standard InChI is InChI=1S/C16H24N6.C2HF3O2/c1-13-14(12-21(2)20-13)15-6-8-18-16(19-15)17-7-5-11-22-9-3-4-10-22;3-2(4,5)1(6)7/h6,8,12H,3-5,7,9-11H2,1-2H3,(H,17,18,19);(H,6,7). The van der Waals surface area contributed by atoms with Gasteiger partial charge in [0.15, 0.2) is 0 Å². The molecule has 11 heteroatoms. The van der Waals surface area contributed by atoms with Crippen molar-refractivity contribution in [2.45, 2.75) is 32.4 Å². The van der Waals surface area contributed by atoms with E-state index in [1.54, 1.807) is 6.20 Å². The number of alkyl halides is 3. The first-order chi connectivity index (χ1) is 13.7. The van der Waals surface area contributed by atoms with E-state index in [-0.39, 0.29) is 0 Å². The molecule has 0 aromatic carbocycles. The quantitative estimate of drug-likeness (QED) is 0.702. The van der Waals surface area contributed by atoms with Crippen LogP contribution in [0.3, 0.4) is 0 Å². The molecule has 0 aliphatic carbocycles. The fraction of sp³-hybridized carbons (Fsp3) is 0.556. The molecule has 2 aromatic rings. The van der Waals surface area contributed by atoms with E-state index in [4.69, 9.17) is 9.90 Å². The third-order valence-electron chi connectivity index (χ3n) is 4.32. The summed E-state index contributed by atoms with van der Waals surface area (Å²) in [5.41, 5.74) is 2.97. The van der Waals surface area contributed by atoms with Crippen molar-refractivity contribution >= 4 is 11.9 Å². The zero-order valence-electron chi connectivity index (χ0n) is 16.4. The maximum atomic E-state index is 10.6. The number of carboxylic acid groups (broad SMARTS) is 1. The highest BCUT2D eigenvalue weighted by molar-refractivity contribution is 5.73. The highest BCUT2D eigenvalue weighted by Gasteiger charge is 2.38. The lowest BCUT2D eigenvalue weighted by Gasteiger charge is -2.14. The van der Waals surface area contributed by atoms with Crippen LogP contribution in [0.1, 0.15) is 25.0 Å². The van der Waals surface area contributed by atoms with Gasteiger partial charge in [0.2, 0.25) is 5.95 Å². The molecule has 29 heavy (non-hydrogen) atoms. The van der Waals surface area contributed by atoms with Gasteiger partial charge < -0.3 is 15.3 Å². The van der Waals surface area contributed by atoms with E-state index >= 15 is 0 Å². The third kappa shape index (κ3) is 7.33. The Kier molecular flexibility index (Phi) is 7.94. The molecule has 2 N–H and O–H groups in total. The van der Waals surface area contributed by atoms with Gasteiger partial charge in [-0.2, -0.15) is 18.3 Å². The molecule has 8 nitrogen and oxygen atoms in total. The zero-order valence-corrected chi connectivity index (χ0v) is 16.4. The average Bonchev–Trinajstić information content (AvgIpc) is 3.28. The number of nitrogens with one attached hydrogen (secondary N) is 1. The van der Waals surface area contributed by atoms with Crippen LogP contribution in [0.25, 0.3) is 11.3 Å². The first kappa shape index (κ1) is 22.6. The maximum absolute atomic E-state index is 10.6. The van der Waals surface area contributed by atoms with Crippen LogP contribution >= 0.6 is 0 Å². The van der Waals surface area contributed by atoms with Crippen molar-refractivity contribution in [1.29, 1.82) is 0 Å². The predicted octanol–water partition coefficient (Wildman–Crippen LogP) is 2.72. The summed E-state index contributed by atoms with van der Waals surface area (Å²) in [7, 11) is 1.93. The summed E-state index contributed by atoms with van der Waals surface area (Å²) in [6, 6.07) is 1.93. The minimum absolute atomic E-state index is 0.696. The van der Waals surface area contributed by atoms with Gasteiger partial charge in [0.05, 0.1) is 11.4 Å². The molecule has 160 valence electrons. The number of aliphatic carboxylic acids is 1. The van der Waals surface area contributed by atoms with Gasteiger partial charge in [-0.15, -0.1) is 0 Å². The lowest BCUT2D eigenvalue weighted by atomic mass is 10.2. The van der Waals surface area contributed by atoms with Crippen molar-refractivity contribution in [2.24, 2.45) is 7.05 Å². The molecule has 1 saturated heterocycles. The van der Waals surface area contributed by atoms with Crippen molar-refractivity contribution in [2.75, 3.05) is 31.5 Å². The molecule has 0 bridgehead atoms. The first-order valence-electron chi connectivity index (χ1n) is 9.27. The number of likely N-dealkylation sites (tertiary alicyclic amines) is 1. The monoisotopic (exact) mass is 414 g/mol. The molecule has 0 spiro atoms. The largest absolute Gasteiger partial charge is 0.490 e. The highest BCUT2D eigenvalue weighted by atomic mass is 19.4. The number of aryl methyl sites for hydroxylation is 2. The minimum Gasteiger partial charge on any atom is -0.475 e. The maximum Gasteiger partial charge on any atom is 0.490 e. The average molecular weight is 414 g/mol. The summed E-state index contributed by atoms with van der Waals surface area (Å²) in [5.74, 6) is -2.06. The highest BCUT2D eigenvalue weighted by Crippen LogP contribution is 2.20. The van der Waals surface area contributed by atoms with Gasteiger partial charge in [0.1, 0.15) is 0 Å². The predicted molar refractivity (Wildman–Crippen MR) is 101 cm³/mol. The Bertz CT molecular complexity index is 803. The van der Waals surface area contributed by atoms with Crippen LogP contribution in [-0.4, -0.2) is 68.1 Å². The Morgan fingerprint density at radius 1 is 1.31 bits per heavy atom. The molecule has 2 aromatic heterocycles. The molecule has 0 amide bonds. The van der Waals surface area contributed by atoms with E-state index in [0.29, 0.717) is 5.95 Å². The van der Waals surface area contributed by atoms with E-state index in [0.717, 1.165) is 36.5 Å². The SMILES string of the molecule is Cc1nn(C)cc1-c1ccnc(NCCCN2CCCC2)n1.O=C(O)C(F)(F)F. The second kappa shape index (κ2) is 10.2. The van der Waals surface area contributed by atoms with Gasteiger partial charge in [0.25, 0.3) is 0 Å². The molecule has 0 radical (unpaired) electrons. The van der Waals surface area contributed by atoms with E-state index in [1.807, 2.05) is 30.9 Å². The summed E-state index contributed by atoms with van der Waals surface area (Å²) in [6.45, 7) is 6.58. The molecule has 3 heterocycles. The number of nitrogens with zero attached hydrogens (tertiary/aromatic N) is 5. The number of hydrogen-bond donors (Lipinski definition) is 2. The topological polar surface area (TPSA) is 96.2 Å².